The molecule has 0 aliphatic carbocycles. The fraction of sp³-hybridized carbons (Fsp3) is 0.421. The number of halogens is 3. The minimum atomic E-state index is -4.44. The van der Waals surface area contributed by atoms with Gasteiger partial charge in [0.05, 0.1) is 18.1 Å². The zero-order valence-corrected chi connectivity index (χ0v) is 15.9. The Morgan fingerprint density at radius 1 is 1.30 bits per heavy atom. The van der Waals surface area contributed by atoms with E-state index in [0.29, 0.717) is 11.1 Å². The monoisotopic (exact) mass is 427 g/mol. The molecular weight excluding hydrogens is 407 g/mol. The number of alkyl halides is 3. The van der Waals surface area contributed by atoms with Gasteiger partial charge in [0.2, 0.25) is 5.91 Å². The predicted molar refractivity (Wildman–Crippen MR) is 98.8 cm³/mol. The zero-order valence-electron chi connectivity index (χ0n) is 15.9. The van der Waals surface area contributed by atoms with Crippen molar-refractivity contribution in [3.8, 4) is 0 Å². The summed E-state index contributed by atoms with van der Waals surface area (Å²) in [4.78, 5) is 37.7. The Hall–Kier alpha value is -2.92. The lowest BCUT2D eigenvalue weighted by molar-refractivity contribution is -0.137. The van der Waals surface area contributed by atoms with E-state index in [4.69, 9.17) is 4.74 Å². The minimum absolute atomic E-state index is 0.0474. The van der Waals surface area contributed by atoms with Crippen molar-refractivity contribution >= 4 is 5.91 Å². The molecule has 1 unspecified atom stereocenters. The number of aliphatic hydroxyl groups excluding tert-OH is 1. The summed E-state index contributed by atoms with van der Waals surface area (Å²) in [6, 6.07) is 4.26. The Labute approximate surface area is 168 Å². The number of hydrogen-bond acceptors (Lipinski definition) is 5. The van der Waals surface area contributed by atoms with E-state index in [1.165, 1.54) is 29.8 Å². The smallest absolute Gasteiger partial charge is 0.390 e. The van der Waals surface area contributed by atoms with Gasteiger partial charge in [0.25, 0.3) is 5.56 Å². The number of carbonyl (C=O) groups excluding carboxylic acids is 1. The van der Waals surface area contributed by atoms with Crippen LogP contribution in [0, 0.1) is 6.92 Å². The second-order valence-corrected chi connectivity index (χ2v) is 7.09. The number of hydrogen-bond donors (Lipinski definition) is 3. The van der Waals surface area contributed by atoms with E-state index in [1.54, 1.807) is 0 Å². The van der Waals surface area contributed by atoms with E-state index in [9.17, 15) is 32.7 Å². The van der Waals surface area contributed by atoms with Gasteiger partial charge in [-0.05, 0) is 24.6 Å². The lowest BCUT2D eigenvalue weighted by Crippen LogP contribution is -2.38. The SMILES string of the molecule is Cc1cn([C@H]2CC(O)[C@@H](CNC(=O)Cc3ccc(C(F)(F)F)cc3)O2)c(=O)[nH]c1=O. The molecule has 3 N–H and O–H groups in total. The Kier molecular flexibility index (Phi) is 6.13. The molecule has 1 amide bonds. The van der Waals surface area contributed by atoms with Gasteiger partial charge in [-0.2, -0.15) is 13.2 Å². The maximum atomic E-state index is 12.6. The lowest BCUT2D eigenvalue weighted by Gasteiger charge is -2.17. The fourth-order valence-corrected chi connectivity index (χ4v) is 3.14. The molecule has 2 aromatic rings. The van der Waals surface area contributed by atoms with Crippen LogP contribution in [0.25, 0.3) is 0 Å². The molecule has 1 aliphatic rings. The predicted octanol–water partition coefficient (Wildman–Crippen LogP) is 0.871. The van der Waals surface area contributed by atoms with Crippen LogP contribution in [0.4, 0.5) is 13.2 Å². The number of H-pyrrole nitrogens is 1. The first kappa shape index (κ1) is 21.8. The van der Waals surface area contributed by atoms with E-state index >= 15 is 0 Å². The van der Waals surface area contributed by atoms with Gasteiger partial charge in [0, 0.05) is 24.7 Å². The third-order valence-corrected chi connectivity index (χ3v) is 4.81. The van der Waals surface area contributed by atoms with Crippen LogP contribution in [0.3, 0.4) is 0 Å². The van der Waals surface area contributed by atoms with Crippen molar-refractivity contribution in [2.45, 2.75) is 44.4 Å². The first-order valence-corrected chi connectivity index (χ1v) is 9.13. The van der Waals surface area contributed by atoms with Crippen LogP contribution < -0.4 is 16.6 Å². The molecule has 11 heteroatoms. The molecule has 1 saturated heterocycles. The quantitative estimate of drug-likeness (QED) is 0.656. The lowest BCUT2D eigenvalue weighted by atomic mass is 10.1. The summed E-state index contributed by atoms with van der Waals surface area (Å²) in [6.07, 6.45) is -5.71. The van der Waals surface area contributed by atoms with Gasteiger partial charge in [-0.1, -0.05) is 12.1 Å². The molecule has 1 fully saturated rings. The van der Waals surface area contributed by atoms with Gasteiger partial charge in [0.15, 0.2) is 0 Å². The molecule has 30 heavy (non-hydrogen) atoms. The van der Waals surface area contributed by atoms with E-state index in [0.717, 1.165) is 12.1 Å². The summed E-state index contributed by atoms with van der Waals surface area (Å²) in [5.74, 6) is -0.453. The van der Waals surface area contributed by atoms with Gasteiger partial charge >= 0.3 is 11.9 Å². The first-order valence-electron chi connectivity index (χ1n) is 9.13. The fourth-order valence-electron chi connectivity index (χ4n) is 3.14. The Morgan fingerprint density at radius 2 is 1.97 bits per heavy atom. The maximum absolute atomic E-state index is 12.6. The molecule has 0 spiro atoms. The third kappa shape index (κ3) is 4.97. The largest absolute Gasteiger partial charge is 0.416 e. The van der Waals surface area contributed by atoms with Crippen LogP contribution in [0.1, 0.15) is 29.3 Å². The Bertz CT molecular complexity index is 1030. The summed E-state index contributed by atoms with van der Waals surface area (Å²) in [6.45, 7) is 1.48. The standard InChI is InChI=1S/C19H20F3N3O5/c1-10-9-25(18(29)24-17(10)28)16-7-13(26)14(30-16)8-23-15(27)6-11-2-4-12(5-3-11)19(20,21)22/h2-5,9,13-14,16,26H,6-8H2,1H3,(H,23,27)(H,24,28,29)/t13?,14-,16-/m1/s1. The number of nitrogens with zero attached hydrogens (tertiary/aromatic N) is 1. The molecule has 1 aromatic heterocycles. The van der Waals surface area contributed by atoms with Crippen molar-refractivity contribution in [1.29, 1.82) is 0 Å². The molecule has 0 saturated carbocycles. The highest BCUT2D eigenvalue weighted by Crippen LogP contribution is 2.29. The third-order valence-electron chi connectivity index (χ3n) is 4.81. The number of carbonyl (C=O) groups is 1. The highest BCUT2D eigenvalue weighted by atomic mass is 19.4. The normalized spacial score (nSPS) is 21.6. The highest BCUT2D eigenvalue weighted by Gasteiger charge is 2.35. The molecule has 1 aliphatic heterocycles. The number of aliphatic hydroxyl groups is 1. The summed E-state index contributed by atoms with van der Waals surface area (Å²) >= 11 is 0. The zero-order chi connectivity index (χ0) is 22.1. The molecule has 8 nitrogen and oxygen atoms in total. The van der Waals surface area contributed by atoms with Crippen LogP contribution in [-0.2, 0) is 22.1 Å². The number of benzene rings is 1. The number of ether oxygens (including phenoxy) is 1. The summed E-state index contributed by atoms with van der Waals surface area (Å²) < 4.78 is 44.5. The summed E-state index contributed by atoms with van der Waals surface area (Å²) in [5.41, 5.74) is -1.27. The van der Waals surface area contributed by atoms with Gasteiger partial charge in [0.1, 0.15) is 12.3 Å². The van der Waals surface area contributed by atoms with Crippen LogP contribution in [-0.4, -0.2) is 39.3 Å². The molecule has 3 atom stereocenters. The average Bonchev–Trinajstić information content (AvgIpc) is 3.03. The highest BCUT2D eigenvalue weighted by molar-refractivity contribution is 5.78. The topological polar surface area (TPSA) is 113 Å². The van der Waals surface area contributed by atoms with E-state index in [1.807, 2.05) is 0 Å². The van der Waals surface area contributed by atoms with Crippen molar-refractivity contribution in [2.24, 2.45) is 0 Å². The minimum Gasteiger partial charge on any atom is -0.390 e. The van der Waals surface area contributed by atoms with Gasteiger partial charge < -0.3 is 15.2 Å². The first-order chi connectivity index (χ1) is 14.0. The number of nitrogens with one attached hydrogen (secondary N) is 2. The van der Waals surface area contributed by atoms with Crippen molar-refractivity contribution in [3.63, 3.8) is 0 Å². The number of amides is 1. The van der Waals surface area contributed by atoms with Gasteiger partial charge in [-0.25, -0.2) is 4.79 Å². The molecule has 2 heterocycles. The summed E-state index contributed by atoms with van der Waals surface area (Å²) in [5, 5.41) is 12.7. The van der Waals surface area contributed by atoms with Crippen molar-refractivity contribution in [2.75, 3.05) is 6.54 Å². The Morgan fingerprint density at radius 3 is 2.60 bits per heavy atom. The number of aromatic nitrogens is 2. The van der Waals surface area contributed by atoms with Crippen molar-refractivity contribution in [1.82, 2.24) is 14.9 Å². The van der Waals surface area contributed by atoms with E-state index < -0.39 is 47.3 Å². The van der Waals surface area contributed by atoms with Crippen LogP contribution in [0.5, 0.6) is 0 Å². The molecule has 162 valence electrons. The van der Waals surface area contributed by atoms with Crippen LogP contribution >= 0.6 is 0 Å². The van der Waals surface area contributed by atoms with Gasteiger partial charge in [-0.15, -0.1) is 0 Å². The maximum Gasteiger partial charge on any atom is 0.416 e. The second-order valence-electron chi connectivity index (χ2n) is 7.09. The number of rotatable bonds is 5. The van der Waals surface area contributed by atoms with E-state index in [-0.39, 0.29) is 19.4 Å². The van der Waals surface area contributed by atoms with E-state index in [2.05, 4.69) is 10.3 Å². The molecule has 0 bridgehead atoms. The summed E-state index contributed by atoms with van der Waals surface area (Å²) in [7, 11) is 0. The number of aryl methyl sites for hydroxylation is 1. The average molecular weight is 427 g/mol. The molecule has 3 rings (SSSR count). The molecule has 0 radical (unpaired) electrons. The second kappa shape index (κ2) is 8.44. The number of aromatic amines is 1. The molecule has 1 aromatic carbocycles. The van der Waals surface area contributed by atoms with Crippen LogP contribution in [0.15, 0.2) is 40.1 Å². The van der Waals surface area contributed by atoms with Crippen LogP contribution in [0.2, 0.25) is 0 Å². The van der Waals surface area contributed by atoms with Gasteiger partial charge in [-0.3, -0.25) is 19.1 Å². The Balaban J connectivity index is 1.56. The van der Waals surface area contributed by atoms with Crippen molar-refractivity contribution in [3.05, 3.63) is 68.0 Å². The van der Waals surface area contributed by atoms with Crippen molar-refractivity contribution < 1.29 is 27.8 Å². The molecular formula is C19H20F3N3O5.